The van der Waals surface area contributed by atoms with Crippen LogP contribution in [0.1, 0.15) is 13.3 Å². The Morgan fingerprint density at radius 1 is 1.43 bits per heavy atom. The molecular weight excluding hydrogens is 290 g/mol. The number of aliphatic hydroxyl groups excluding tert-OH is 4. The van der Waals surface area contributed by atoms with Gasteiger partial charge in [-0.3, -0.25) is 4.79 Å². The minimum absolute atomic E-state index is 0.598. The Balaban J connectivity index is 3.07. The van der Waals surface area contributed by atoms with Crippen LogP contribution in [0, 0.1) is 0 Å². The summed E-state index contributed by atoms with van der Waals surface area (Å²) in [5.74, 6) is -5.17. The summed E-state index contributed by atoms with van der Waals surface area (Å²) in [7, 11) is 0. The van der Waals surface area contributed by atoms with Crippen LogP contribution in [0.5, 0.6) is 0 Å². The van der Waals surface area contributed by atoms with Crippen molar-refractivity contribution in [1.29, 1.82) is 0 Å². The van der Waals surface area contributed by atoms with Gasteiger partial charge >= 0.3 is 5.97 Å². The molecule has 1 aliphatic heterocycles. The van der Waals surface area contributed by atoms with E-state index in [1.54, 1.807) is 0 Å². The molecule has 10 heteroatoms. The number of rotatable bonds is 5. The van der Waals surface area contributed by atoms with Crippen LogP contribution in [0.15, 0.2) is 0 Å². The minimum atomic E-state index is -2.78. The SMILES string of the molecule is CC(=O)N[C@H]1[C@H]([C@H](O)[C@H](O)CO)O[C@@](O)(C(=O)O)C[C@H]1O. The summed E-state index contributed by atoms with van der Waals surface area (Å²) in [5, 5.41) is 59.0. The van der Waals surface area contributed by atoms with Crippen molar-refractivity contribution >= 4 is 11.9 Å². The van der Waals surface area contributed by atoms with Gasteiger partial charge in [-0.25, -0.2) is 4.79 Å². The summed E-state index contributed by atoms with van der Waals surface area (Å²) in [6.07, 6.45) is -7.48. The van der Waals surface area contributed by atoms with Gasteiger partial charge in [-0.15, -0.1) is 0 Å². The second-order valence-corrected chi connectivity index (χ2v) is 4.91. The number of nitrogens with one attached hydrogen (secondary N) is 1. The molecule has 1 amide bonds. The van der Waals surface area contributed by atoms with Gasteiger partial charge in [0.05, 0.1) is 18.8 Å². The third kappa shape index (κ3) is 3.87. The monoisotopic (exact) mass is 309 g/mol. The number of hydrogen-bond donors (Lipinski definition) is 7. The molecule has 0 spiro atoms. The Hall–Kier alpha value is -1.30. The summed E-state index contributed by atoms with van der Waals surface area (Å²) >= 11 is 0. The highest BCUT2D eigenvalue weighted by atomic mass is 16.7. The zero-order valence-corrected chi connectivity index (χ0v) is 11.2. The second kappa shape index (κ2) is 6.64. The number of carboxylic acid groups (broad SMARTS) is 1. The van der Waals surface area contributed by atoms with Crippen molar-refractivity contribution in [2.75, 3.05) is 6.61 Å². The molecule has 1 heterocycles. The first kappa shape index (κ1) is 17.8. The zero-order valence-electron chi connectivity index (χ0n) is 11.2. The molecule has 0 bridgehead atoms. The van der Waals surface area contributed by atoms with E-state index < -0.39 is 61.1 Å². The summed E-state index contributed by atoms with van der Waals surface area (Å²) < 4.78 is 4.86. The van der Waals surface area contributed by atoms with Crippen LogP contribution >= 0.6 is 0 Å². The molecular formula is C11H19NO9. The van der Waals surface area contributed by atoms with Crippen LogP contribution < -0.4 is 5.32 Å². The largest absolute Gasteiger partial charge is 0.477 e. The Labute approximate surface area is 119 Å². The standard InChI is InChI=1S/C11H19NO9/c1-4(14)12-7-5(15)2-11(20,10(18)19)21-9(7)8(17)6(16)3-13/h5-9,13,15-17,20H,2-3H2,1H3,(H,12,14)(H,18,19)/t5-,6-,7-,8-,9-,11-/m1/s1. The Morgan fingerprint density at radius 2 is 2.00 bits per heavy atom. The topological polar surface area (TPSA) is 177 Å². The van der Waals surface area contributed by atoms with Gasteiger partial charge in [0.2, 0.25) is 5.91 Å². The Bertz CT molecular complexity index is 403. The van der Waals surface area contributed by atoms with Crippen molar-refractivity contribution in [2.45, 2.75) is 49.6 Å². The van der Waals surface area contributed by atoms with Crippen molar-refractivity contribution in [3.8, 4) is 0 Å². The summed E-state index contributed by atoms with van der Waals surface area (Å²) in [4.78, 5) is 22.1. The lowest BCUT2D eigenvalue weighted by atomic mass is 9.88. The molecule has 21 heavy (non-hydrogen) atoms. The van der Waals surface area contributed by atoms with Gasteiger partial charge in [0.1, 0.15) is 18.3 Å². The van der Waals surface area contributed by atoms with E-state index in [2.05, 4.69) is 5.32 Å². The van der Waals surface area contributed by atoms with Gasteiger partial charge in [-0.2, -0.15) is 0 Å². The van der Waals surface area contributed by atoms with Crippen molar-refractivity contribution in [3.05, 3.63) is 0 Å². The lowest BCUT2D eigenvalue weighted by molar-refractivity contribution is -0.295. The van der Waals surface area contributed by atoms with Crippen LogP contribution in [-0.4, -0.2) is 85.4 Å². The summed E-state index contributed by atoms with van der Waals surface area (Å²) in [6, 6.07) is -1.27. The Kier molecular flexibility index (Phi) is 5.61. The number of amides is 1. The molecule has 122 valence electrons. The van der Waals surface area contributed by atoms with E-state index in [1.165, 1.54) is 0 Å². The van der Waals surface area contributed by atoms with E-state index in [-0.39, 0.29) is 0 Å². The molecule has 0 unspecified atom stereocenters. The zero-order chi connectivity index (χ0) is 16.4. The molecule has 1 fully saturated rings. The van der Waals surface area contributed by atoms with Crippen molar-refractivity contribution in [3.63, 3.8) is 0 Å². The second-order valence-electron chi connectivity index (χ2n) is 4.91. The molecule has 1 saturated heterocycles. The molecule has 0 aromatic carbocycles. The van der Waals surface area contributed by atoms with Gasteiger partial charge in [0.25, 0.3) is 5.79 Å². The van der Waals surface area contributed by atoms with E-state index in [4.69, 9.17) is 14.9 Å². The first-order valence-electron chi connectivity index (χ1n) is 6.18. The van der Waals surface area contributed by atoms with Crippen molar-refractivity contribution < 1.29 is 45.0 Å². The average molecular weight is 309 g/mol. The summed E-state index contributed by atoms with van der Waals surface area (Å²) in [6.45, 7) is 0.256. The predicted octanol–water partition coefficient (Wildman–Crippen LogP) is -3.87. The smallest absolute Gasteiger partial charge is 0.364 e. The number of carbonyl (C=O) groups is 2. The lowest BCUT2D eigenvalue weighted by Gasteiger charge is -2.44. The third-order valence-electron chi connectivity index (χ3n) is 3.21. The Morgan fingerprint density at radius 3 is 2.43 bits per heavy atom. The van der Waals surface area contributed by atoms with E-state index >= 15 is 0 Å². The fourth-order valence-electron chi connectivity index (χ4n) is 2.14. The summed E-state index contributed by atoms with van der Waals surface area (Å²) in [5.41, 5.74) is 0. The molecule has 0 aromatic heterocycles. The molecule has 0 saturated carbocycles. The maximum atomic E-state index is 11.1. The first-order valence-corrected chi connectivity index (χ1v) is 6.18. The molecule has 1 aliphatic rings. The number of aliphatic carboxylic acids is 1. The first-order chi connectivity index (χ1) is 9.62. The highest BCUT2D eigenvalue weighted by Crippen LogP contribution is 2.30. The van der Waals surface area contributed by atoms with Gasteiger partial charge < -0.3 is 40.7 Å². The maximum absolute atomic E-state index is 11.1. The highest BCUT2D eigenvalue weighted by molar-refractivity contribution is 5.76. The van der Waals surface area contributed by atoms with E-state index in [0.717, 1.165) is 6.92 Å². The van der Waals surface area contributed by atoms with Crippen LogP contribution in [0.4, 0.5) is 0 Å². The van der Waals surface area contributed by atoms with Crippen LogP contribution in [0.25, 0.3) is 0 Å². The molecule has 10 nitrogen and oxygen atoms in total. The number of carboxylic acids is 1. The van der Waals surface area contributed by atoms with Gasteiger partial charge in [-0.05, 0) is 0 Å². The van der Waals surface area contributed by atoms with Crippen LogP contribution in [-0.2, 0) is 14.3 Å². The quantitative estimate of drug-likeness (QED) is 0.268. The lowest BCUT2D eigenvalue weighted by Crippen LogP contribution is -2.67. The highest BCUT2D eigenvalue weighted by Gasteiger charge is 2.53. The van der Waals surface area contributed by atoms with Crippen LogP contribution in [0.2, 0.25) is 0 Å². The van der Waals surface area contributed by atoms with E-state index in [0.29, 0.717) is 0 Å². The third-order valence-corrected chi connectivity index (χ3v) is 3.21. The molecule has 7 N–H and O–H groups in total. The van der Waals surface area contributed by atoms with Gasteiger partial charge in [0.15, 0.2) is 0 Å². The maximum Gasteiger partial charge on any atom is 0.364 e. The predicted molar refractivity (Wildman–Crippen MR) is 64.8 cm³/mol. The van der Waals surface area contributed by atoms with Crippen LogP contribution in [0.3, 0.4) is 0 Å². The normalized spacial score (nSPS) is 35.8. The number of aliphatic hydroxyl groups is 5. The molecule has 6 atom stereocenters. The van der Waals surface area contributed by atoms with Gasteiger partial charge in [-0.1, -0.05) is 0 Å². The van der Waals surface area contributed by atoms with Crippen molar-refractivity contribution in [1.82, 2.24) is 5.32 Å². The number of ether oxygens (including phenoxy) is 1. The molecule has 1 rings (SSSR count). The van der Waals surface area contributed by atoms with Crippen molar-refractivity contribution in [2.24, 2.45) is 0 Å². The van der Waals surface area contributed by atoms with Gasteiger partial charge in [0, 0.05) is 13.3 Å². The average Bonchev–Trinajstić information content (AvgIpc) is 2.39. The fraction of sp³-hybridized carbons (Fsp3) is 0.818. The molecule has 0 aliphatic carbocycles. The minimum Gasteiger partial charge on any atom is -0.477 e. The number of carbonyl (C=O) groups excluding carboxylic acids is 1. The molecule has 0 radical (unpaired) electrons. The van der Waals surface area contributed by atoms with E-state index in [1.807, 2.05) is 0 Å². The molecule has 0 aromatic rings. The number of hydrogen-bond acceptors (Lipinski definition) is 8. The van der Waals surface area contributed by atoms with E-state index in [9.17, 15) is 30.0 Å². The fourth-order valence-corrected chi connectivity index (χ4v) is 2.14.